The van der Waals surface area contributed by atoms with Crippen LogP contribution < -0.4 is 10.6 Å². The average molecular weight is 374 g/mol. The van der Waals surface area contributed by atoms with Crippen molar-refractivity contribution in [1.82, 2.24) is 4.90 Å². The molecule has 0 aliphatic carbocycles. The van der Waals surface area contributed by atoms with Crippen LogP contribution in [-0.2, 0) is 9.59 Å². The number of nitrogens with zero attached hydrogens (tertiary/aromatic N) is 1. The standard InChI is InChI=1S/C19H20ClN3O3/c1-13(24)14-7-9-15(10-8-14)21-11-19(26)23(2)12-18(25)22-17-6-4-3-5-16(17)20/h3-10,21H,11-12H2,1-2H3,(H,22,25). The zero-order chi connectivity index (χ0) is 19.1. The van der Waals surface area contributed by atoms with Crippen molar-refractivity contribution in [3.8, 4) is 0 Å². The largest absolute Gasteiger partial charge is 0.376 e. The number of hydrogen-bond acceptors (Lipinski definition) is 4. The highest BCUT2D eigenvalue weighted by Gasteiger charge is 2.13. The van der Waals surface area contributed by atoms with Crippen LogP contribution in [0.25, 0.3) is 0 Å². The van der Waals surface area contributed by atoms with Gasteiger partial charge in [-0.15, -0.1) is 0 Å². The molecular formula is C19H20ClN3O3. The summed E-state index contributed by atoms with van der Waals surface area (Å²) in [5.74, 6) is -0.591. The van der Waals surface area contributed by atoms with Crippen molar-refractivity contribution in [3.63, 3.8) is 0 Å². The maximum absolute atomic E-state index is 12.1. The van der Waals surface area contributed by atoms with Gasteiger partial charge in [0.25, 0.3) is 0 Å². The van der Waals surface area contributed by atoms with E-state index in [1.165, 1.54) is 11.8 Å². The quantitative estimate of drug-likeness (QED) is 0.731. The van der Waals surface area contributed by atoms with Gasteiger partial charge in [-0.2, -0.15) is 0 Å². The van der Waals surface area contributed by atoms with Gasteiger partial charge in [0.1, 0.15) is 0 Å². The summed E-state index contributed by atoms with van der Waals surface area (Å²) in [6.45, 7) is 1.44. The Morgan fingerprint density at radius 2 is 1.69 bits per heavy atom. The van der Waals surface area contributed by atoms with Crippen LogP contribution in [0, 0.1) is 0 Å². The second kappa shape index (κ2) is 9.01. The number of carbonyl (C=O) groups is 3. The highest BCUT2D eigenvalue weighted by molar-refractivity contribution is 6.33. The first-order chi connectivity index (χ1) is 12.4. The van der Waals surface area contributed by atoms with Crippen LogP contribution in [0.3, 0.4) is 0 Å². The zero-order valence-corrected chi connectivity index (χ0v) is 15.3. The fraction of sp³-hybridized carbons (Fsp3) is 0.211. The molecule has 6 nitrogen and oxygen atoms in total. The van der Waals surface area contributed by atoms with Gasteiger partial charge in [-0.3, -0.25) is 14.4 Å². The van der Waals surface area contributed by atoms with Crippen LogP contribution in [-0.4, -0.2) is 42.6 Å². The Morgan fingerprint density at radius 3 is 2.31 bits per heavy atom. The van der Waals surface area contributed by atoms with Crippen molar-refractivity contribution < 1.29 is 14.4 Å². The van der Waals surface area contributed by atoms with E-state index in [-0.39, 0.29) is 30.7 Å². The third-order valence-electron chi connectivity index (χ3n) is 3.69. The molecule has 26 heavy (non-hydrogen) atoms. The van der Waals surface area contributed by atoms with E-state index < -0.39 is 0 Å². The number of rotatable bonds is 7. The Balaban J connectivity index is 1.82. The molecule has 2 amide bonds. The van der Waals surface area contributed by atoms with E-state index in [1.54, 1.807) is 55.6 Å². The van der Waals surface area contributed by atoms with Crippen LogP contribution in [0.2, 0.25) is 5.02 Å². The number of benzene rings is 2. The molecule has 0 aliphatic heterocycles. The van der Waals surface area contributed by atoms with Crippen LogP contribution >= 0.6 is 11.6 Å². The van der Waals surface area contributed by atoms with Gasteiger partial charge in [0, 0.05) is 18.3 Å². The molecule has 0 saturated carbocycles. The summed E-state index contributed by atoms with van der Waals surface area (Å²) in [7, 11) is 1.55. The van der Waals surface area contributed by atoms with Crippen molar-refractivity contribution >= 4 is 40.6 Å². The zero-order valence-electron chi connectivity index (χ0n) is 14.6. The molecule has 0 fully saturated rings. The minimum atomic E-state index is -0.334. The predicted molar refractivity (Wildman–Crippen MR) is 103 cm³/mol. The van der Waals surface area contributed by atoms with Crippen LogP contribution in [0.1, 0.15) is 17.3 Å². The molecule has 0 bridgehead atoms. The van der Waals surface area contributed by atoms with Gasteiger partial charge in [-0.05, 0) is 43.3 Å². The summed E-state index contributed by atoms with van der Waals surface area (Å²) in [4.78, 5) is 36.8. The molecule has 0 unspecified atom stereocenters. The predicted octanol–water partition coefficient (Wildman–Crippen LogP) is 3.05. The molecule has 7 heteroatoms. The van der Waals surface area contributed by atoms with E-state index >= 15 is 0 Å². The van der Waals surface area contributed by atoms with E-state index in [2.05, 4.69) is 10.6 Å². The summed E-state index contributed by atoms with van der Waals surface area (Å²) in [6.07, 6.45) is 0. The minimum Gasteiger partial charge on any atom is -0.376 e. The first-order valence-corrected chi connectivity index (χ1v) is 8.38. The van der Waals surface area contributed by atoms with Crippen LogP contribution in [0.4, 0.5) is 11.4 Å². The van der Waals surface area contributed by atoms with E-state index in [0.717, 1.165) is 5.69 Å². The lowest BCUT2D eigenvalue weighted by molar-refractivity contribution is -0.131. The first kappa shape index (κ1) is 19.5. The summed E-state index contributed by atoms with van der Waals surface area (Å²) >= 11 is 5.99. The SMILES string of the molecule is CC(=O)c1ccc(NCC(=O)N(C)CC(=O)Nc2ccccc2Cl)cc1. The summed E-state index contributed by atoms with van der Waals surface area (Å²) in [6, 6.07) is 13.7. The summed E-state index contributed by atoms with van der Waals surface area (Å²) < 4.78 is 0. The van der Waals surface area contributed by atoms with E-state index in [1.807, 2.05) is 0 Å². The number of hydrogen-bond donors (Lipinski definition) is 2. The number of amides is 2. The highest BCUT2D eigenvalue weighted by atomic mass is 35.5. The van der Waals surface area contributed by atoms with Gasteiger partial charge >= 0.3 is 0 Å². The molecule has 0 saturated heterocycles. The van der Waals surface area contributed by atoms with Crippen LogP contribution in [0.15, 0.2) is 48.5 Å². The molecule has 2 aromatic carbocycles. The van der Waals surface area contributed by atoms with Crippen molar-refractivity contribution in [2.75, 3.05) is 30.8 Å². The van der Waals surface area contributed by atoms with E-state index in [0.29, 0.717) is 16.3 Å². The molecule has 2 N–H and O–H groups in total. The van der Waals surface area contributed by atoms with E-state index in [4.69, 9.17) is 11.6 Å². The van der Waals surface area contributed by atoms with Gasteiger partial charge in [-0.25, -0.2) is 0 Å². The van der Waals surface area contributed by atoms with Gasteiger partial charge in [-0.1, -0.05) is 23.7 Å². The minimum absolute atomic E-state index is 0.0168. The molecule has 0 aromatic heterocycles. The van der Waals surface area contributed by atoms with Crippen molar-refractivity contribution in [1.29, 1.82) is 0 Å². The Kier molecular flexibility index (Phi) is 6.74. The molecule has 0 atom stereocenters. The van der Waals surface area contributed by atoms with Crippen LogP contribution in [0.5, 0.6) is 0 Å². The molecule has 2 aromatic rings. The fourth-order valence-corrected chi connectivity index (χ4v) is 2.37. The fourth-order valence-electron chi connectivity index (χ4n) is 2.19. The average Bonchev–Trinajstić information content (AvgIpc) is 2.61. The lowest BCUT2D eigenvalue weighted by Gasteiger charge is -2.18. The maximum atomic E-state index is 12.1. The monoisotopic (exact) mass is 373 g/mol. The first-order valence-electron chi connectivity index (χ1n) is 8.00. The van der Waals surface area contributed by atoms with Crippen molar-refractivity contribution in [2.45, 2.75) is 6.92 Å². The highest BCUT2D eigenvalue weighted by Crippen LogP contribution is 2.20. The molecule has 136 valence electrons. The number of ketones is 1. The summed E-state index contributed by atoms with van der Waals surface area (Å²) in [5, 5.41) is 6.07. The van der Waals surface area contributed by atoms with E-state index in [9.17, 15) is 14.4 Å². The molecular weight excluding hydrogens is 354 g/mol. The number of anilines is 2. The molecule has 0 radical (unpaired) electrons. The smallest absolute Gasteiger partial charge is 0.244 e. The van der Waals surface area contributed by atoms with Crippen molar-refractivity contribution in [2.24, 2.45) is 0 Å². The Bertz CT molecular complexity index is 806. The van der Waals surface area contributed by atoms with Gasteiger partial charge in [0.2, 0.25) is 11.8 Å². The topological polar surface area (TPSA) is 78.5 Å². The third-order valence-corrected chi connectivity index (χ3v) is 4.02. The van der Waals surface area contributed by atoms with Gasteiger partial charge in [0.15, 0.2) is 5.78 Å². The number of nitrogens with one attached hydrogen (secondary N) is 2. The number of Topliss-reactive ketones (excluding diaryl/α,β-unsaturated/α-hetero) is 1. The normalized spacial score (nSPS) is 10.1. The molecule has 2 rings (SSSR count). The lowest BCUT2D eigenvalue weighted by Crippen LogP contribution is -2.38. The number of carbonyl (C=O) groups excluding carboxylic acids is 3. The molecule has 0 spiro atoms. The second-order valence-corrected chi connectivity index (χ2v) is 6.17. The Hall–Kier alpha value is -2.86. The second-order valence-electron chi connectivity index (χ2n) is 5.76. The lowest BCUT2D eigenvalue weighted by atomic mass is 10.1. The summed E-state index contributed by atoms with van der Waals surface area (Å²) in [5.41, 5.74) is 1.83. The number of likely N-dealkylation sites (N-methyl/N-ethyl adjacent to an activating group) is 1. The Labute approximate surface area is 157 Å². The van der Waals surface area contributed by atoms with Gasteiger partial charge < -0.3 is 15.5 Å². The Morgan fingerprint density at radius 1 is 1.04 bits per heavy atom. The third kappa shape index (κ3) is 5.60. The maximum Gasteiger partial charge on any atom is 0.244 e. The number of para-hydroxylation sites is 1. The van der Waals surface area contributed by atoms with Gasteiger partial charge in [0.05, 0.1) is 23.8 Å². The molecule has 0 aliphatic rings. The van der Waals surface area contributed by atoms with Crippen molar-refractivity contribution in [3.05, 3.63) is 59.1 Å². The molecule has 0 heterocycles. The number of halogens is 1.